The van der Waals surface area contributed by atoms with Crippen LogP contribution in [0.15, 0.2) is 78.2 Å². The largest absolute Gasteiger partial charge is 0.351 e. The van der Waals surface area contributed by atoms with Crippen LogP contribution in [0.1, 0.15) is 37.5 Å². The molecule has 0 aliphatic heterocycles. The Kier molecular flexibility index (Phi) is 7.75. The van der Waals surface area contributed by atoms with Crippen molar-refractivity contribution < 1.29 is 4.79 Å². The lowest BCUT2D eigenvalue weighted by molar-refractivity contribution is -0.120. The number of rotatable bonds is 9. The highest BCUT2D eigenvalue weighted by Crippen LogP contribution is 2.33. The van der Waals surface area contributed by atoms with Gasteiger partial charge in [0, 0.05) is 24.5 Å². The van der Waals surface area contributed by atoms with Crippen LogP contribution >= 0.6 is 11.8 Å². The number of carbonyl (C=O) groups excluding carboxylic acids is 1. The summed E-state index contributed by atoms with van der Waals surface area (Å²) in [5, 5.41) is 12.5. The number of thioether (sulfide) groups is 1. The predicted octanol–water partition coefficient (Wildman–Crippen LogP) is 5.25. The normalized spacial score (nSPS) is 11.9. The number of amides is 1. The van der Waals surface area contributed by atoms with Crippen LogP contribution in [-0.4, -0.2) is 30.9 Å². The van der Waals surface area contributed by atoms with Gasteiger partial charge in [0.25, 0.3) is 0 Å². The number of aromatic nitrogens is 4. The Hall–Kier alpha value is -3.45. The van der Waals surface area contributed by atoms with Gasteiger partial charge in [-0.1, -0.05) is 74.1 Å². The average molecular weight is 472 g/mol. The molecule has 0 saturated carbocycles. The molecule has 2 aromatic heterocycles. The number of para-hydroxylation sites is 1. The van der Waals surface area contributed by atoms with Crippen LogP contribution in [0.5, 0.6) is 0 Å². The van der Waals surface area contributed by atoms with E-state index < -0.39 is 0 Å². The van der Waals surface area contributed by atoms with Crippen LogP contribution < -0.4 is 5.32 Å². The number of benzene rings is 2. The van der Waals surface area contributed by atoms with Crippen LogP contribution in [0, 0.1) is 0 Å². The van der Waals surface area contributed by atoms with Crippen molar-refractivity contribution in [3.05, 3.63) is 89.7 Å². The second-order valence-electron chi connectivity index (χ2n) is 7.98. The van der Waals surface area contributed by atoms with Crippen molar-refractivity contribution >= 4 is 17.7 Å². The fourth-order valence-electron chi connectivity index (χ4n) is 3.87. The standard InChI is InChI=1S/C27H29N5OS/c1-4-21-13-9-14-22(5-2)24(21)32-25(23-15-10-16-28-18-23)30-31-27(32)34-19(3)26(33)29-17-20-11-7-6-8-12-20/h6-16,18-19H,4-5,17H2,1-3H3,(H,29,33). The topological polar surface area (TPSA) is 72.7 Å². The van der Waals surface area contributed by atoms with E-state index in [0.717, 1.165) is 35.5 Å². The van der Waals surface area contributed by atoms with Crippen molar-refractivity contribution in [1.29, 1.82) is 0 Å². The van der Waals surface area contributed by atoms with E-state index in [4.69, 9.17) is 0 Å². The Balaban J connectivity index is 1.69. The summed E-state index contributed by atoms with van der Waals surface area (Å²) in [5.74, 6) is 0.689. The highest BCUT2D eigenvalue weighted by Gasteiger charge is 2.24. The summed E-state index contributed by atoms with van der Waals surface area (Å²) in [6.45, 7) is 6.70. The lowest BCUT2D eigenvalue weighted by Crippen LogP contribution is -2.30. The molecule has 2 heterocycles. The van der Waals surface area contributed by atoms with Crippen LogP contribution in [-0.2, 0) is 24.2 Å². The minimum Gasteiger partial charge on any atom is -0.351 e. The van der Waals surface area contributed by atoms with Gasteiger partial charge in [0.05, 0.1) is 10.9 Å². The number of pyridine rings is 1. The molecule has 4 rings (SSSR count). The molecular weight excluding hydrogens is 442 g/mol. The lowest BCUT2D eigenvalue weighted by Gasteiger charge is -2.19. The van der Waals surface area contributed by atoms with E-state index in [1.54, 1.807) is 12.4 Å². The fourth-order valence-corrected chi connectivity index (χ4v) is 4.75. The first kappa shape index (κ1) is 23.7. The zero-order valence-electron chi connectivity index (χ0n) is 19.7. The first-order valence-corrected chi connectivity index (χ1v) is 12.5. The van der Waals surface area contributed by atoms with Gasteiger partial charge < -0.3 is 5.32 Å². The van der Waals surface area contributed by atoms with E-state index in [0.29, 0.717) is 11.7 Å². The number of hydrogen-bond donors (Lipinski definition) is 1. The monoisotopic (exact) mass is 471 g/mol. The molecule has 1 N–H and O–H groups in total. The maximum absolute atomic E-state index is 12.9. The zero-order valence-corrected chi connectivity index (χ0v) is 20.5. The summed E-state index contributed by atoms with van der Waals surface area (Å²) in [5.41, 5.74) is 5.48. The molecule has 0 radical (unpaired) electrons. The molecule has 0 spiro atoms. The molecule has 174 valence electrons. The second kappa shape index (κ2) is 11.1. The van der Waals surface area contributed by atoms with E-state index >= 15 is 0 Å². The SMILES string of the molecule is CCc1cccc(CC)c1-n1c(SC(C)C(=O)NCc2ccccc2)nnc1-c1cccnc1. The van der Waals surface area contributed by atoms with Crippen molar-refractivity contribution in [3.63, 3.8) is 0 Å². The first-order valence-electron chi connectivity index (χ1n) is 11.6. The summed E-state index contributed by atoms with van der Waals surface area (Å²) in [6, 6.07) is 20.2. The Morgan fingerprint density at radius 3 is 2.35 bits per heavy atom. The van der Waals surface area contributed by atoms with Gasteiger partial charge in [-0.05, 0) is 48.6 Å². The number of nitrogens with one attached hydrogen (secondary N) is 1. The Morgan fingerprint density at radius 1 is 0.971 bits per heavy atom. The molecule has 1 amide bonds. The lowest BCUT2D eigenvalue weighted by atomic mass is 10.0. The Labute approximate surface area is 204 Å². The summed E-state index contributed by atoms with van der Waals surface area (Å²) in [4.78, 5) is 17.2. The van der Waals surface area contributed by atoms with Gasteiger partial charge in [-0.15, -0.1) is 10.2 Å². The van der Waals surface area contributed by atoms with Crippen molar-refractivity contribution in [2.24, 2.45) is 0 Å². The summed E-state index contributed by atoms with van der Waals surface area (Å²) >= 11 is 1.42. The van der Waals surface area contributed by atoms with Crippen molar-refractivity contribution in [3.8, 4) is 17.1 Å². The molecule has 0 aliphatic carbocycles. The smallest absolute Gasteiger partial charge is 0.233 e. The molecule has 1 unspecified atom stereocenters. The molecule has 0 bridgehead atoms. The quantitative estimate of drug-likeness (QED) is 0.338. The molecule has 0 fully saturated rings. The maximum atomic E-state index is 12.9. The van der Waals surface area contributed by atoms with Gasteiger partial charge in [0.15, 0.2) is 11.0 Å². The highest BCUT2D eigenvalue weighted by atomic mass is 32.2. The summed E-state index contributed by atoms with van der Waals surface area (Å²) < 4.78 is 2.10. The number of nitrogens with zero attached hydrogens (tertiary/aromatic N) is 4. The molecule has 1 atom stereocenters. The molecule has 0 saturated heterocycles. The van der Waals surface area contributed by atoms with E-state index in [9.17, 15) is 4.79 Å². The van der Waals surface area contributed by atoms with E-state index in [-0.39, 0.29) is 11.2 Å². The number of aryl methyl sites for hydroxylation is 2. The summed E-state index contributed by atoms with van der Waals surface area (Å²) in [7, 11) is 0. The van der Waals surface area contributed by atoms with Gasteiger partial charge >= 0.3 is 0 Å². The zero-order chi connectivity index (χ0) is 23.9. The van der Waals surface area contributed by atoms with Gasteiger partial charge in [0.1, 0.15) is 0 Å². The first-order chi connectivity index (χ1) is 16.6. The van der Waals surface area contributed by atoms with Crippen molar-refractivity contribution in [1.82, 2.24) is 25.1 Å². The van der Waals surface area contributed by atoms with Crippen molar-refractivity contribution in [2.45, 2.75) is 50.6 Å². The molecule has 34 heavy (non-hydrogen) atoms. The van der Waals surface area contributed by atoms with Crippen LogP contribution in [0.25, 0.3) is 17.1 Å². The van der Waals surface area contributed by atoms with Crippen LogP contribution in [0.2, 0.25) is 0 Å². The minimum atomic E-state index is -0.340. The van der Waals surface area contributed by atoms with Crippen molar-refractivity contribution in [2.75, 3.05) is 0 Å². The maximum Gasteiger partial charge on any atom is 0.233 e. The molecule has 0 aliphatic rings. The van der Waals surface area contributed by atoms with Gasteiger partial charge in [-0.25, -0.2) is 0 Å². The second-order valence-corrected chi connectivity index (χ2v) is 9.29. The third-order valence-corrected chi connectivity index (χ3v) is 6.75. The average Bonchev–Trinajstić information content (AvgIpc) is 3.30. The molecule has 7 heteroatoms. The van der Waals surface area contributed by atoms with Crippen LogP contribution in [0.3, 0.4) is 0 Å². The van der Waals surface area contributed by atoms with Crippen LogP contribution in [0.4, 0.5) is 0 Å². The Bertz CT molecular complexity index is 1220. The summed E-state index contributed by atoms with van der Waals surface area (Å²) in [6.07, 6.45) is 5.30. The number of hydrogen-bond acceptors (Lipinski definition) is 5. The highest BCUT2D eigenvalue weighted by molar-refractivity contribution is 8.00. The van der Waals surface area contributed by atoms with Gasteiger partial charge in [-0.3, -0.25) is 14.3 Å². The fraction of sp³-hybridized carbons (Fsp3) is 0.259. The predicted molar refractivity (Wildman–Crippen MR) is 137 cm³/mol. The minimum absolute atomic E-state index is 0.0363. The Morgan fingerprint density at radius 2 is 1.71 bits per heavy atom. The molecule has 4 aromatic rings. The van der Waals surface area contributed by atoms with Gasteiger partial charge in [0.2, 0.25) is 5.91 Å². The van der Waals surface area contributed by atoms with E-state index in [1.165, 1.54) is 22.9 Å². The molecule has 6 nitrogen and oxygen atoms in total. The van der Waals surface area contributed by atoms with E-state index in [1.807, 2.05) is 49.4 Å². The third-order valence-electron chi connectivity index (χ3n) is 5.70. The number of carbonyl (C=O) groups is 1. The van der Waals surface area contributed by atoms with E-state index in [2.05, 4.69) is 57.1 Å². The molecule has 2 aromatic carbocycles. The molecular formula is C27H29N5OS. The third kappa shape index (κ3) is 5.20. The van der Waals surface area contributed by atoms with Gasteiger partial charge in [-0.2, -0.15) is 0 Å².